The maximum atomic E-state index is 13.1. The highest BCUT2D eigenvalue weighted by Crippen LogP contribution is 2.20. The van der Waals surface area contributed by atoms with Crippen LogP contribution in [0.4, 0.5) is 4.39 Å². The van der Waals surface area contributed by atoms with E-state index in [4.69, 9.17) is 9.47 Å². The number of rotatable bonds is 7. The molecule has 0 aromatic heterocycles. The van der Waals surface area contributed by atoms with Crippen LogP contribution in [0, 0.1) is 11.7 Å². The summed E-state index contributed by atoms with van der Waals surface area (Å²) in [6.45, 7) is 6.92. The predicted octanol–water partition coefficient (Wildman–Crippen LogP) is 3.08. The largest absolute Gasteiger partial charge is 0.490 e. The highest BCUT2D eigenvalue weighted by molar-refractivity contribution is 5.96. The molecular weight excluding hydrogens is 235 g/mol. The Labute approximate surface area is 107 Å². The Morgan fingerprint density at radius 2 is 2.06 bits per heavy atom. The first kappa shape index (κ1) is 14.6. The molecular formula is C14H19FO3. The van der Waals surface area contributed by atoms with E-state index in [0.717, 1.165) is 0 Å². The fourth-order valence-corrected chi connectivity index (χ4v) is 1.44. The summed E-state index contributed by atoms with van der Waals surface area (Å²) in [6, 6.07) is 3.90. The van der Waals surface area contributed by atoms with Crippen LogP contribution in [0.25, 0.3) is 0 Å². The fraction of sp³-hybridized carbons (Fsp3) is 0.500. The molecule has 0 atom stereocenters. The molecule has 1 rings (SSSR count). The van der Waals surface area contributed by atoms with Gasteiger partial charge in [0.1, 0.15) is 18.2 Å². The third-order valence-corrected chi connectivity index (χ3v) is 2.26. The third-order valence-electron chi connectivity index (χ3n) is 2.26. The van der Waals surface area contributed by atoms with Crippen molar-refractivity contribution in [2.75, 3.05) is 19.8 Å². The first-order valence-corrected chi connectivity index (χ1v) is 6.01. The van der Waals surface area contributed by atoms with Gasteiger partial charge in [-0.3, -0.25) is 4.79 Å². The van der Waals surface area contributed by atoms with Gasteiger partial charge >= 0.3 is 0 Å². The van der Waals surface area contributed by atoms with Crippen molar-refractivity contribution in [2.24, 2.45) is 5.92 Å². The van der Waals surface area contributed by atoms with Gasteiger partial charge in [-0.1, -0.05) is 13.8 Å². The molecule has 0 aliphatic carbocycles. The van der Waals surface area contributed by atoms with Gasteiger partial charge in [0.05, 0.1) is 12.2 Å². The number of carbonyl (C=O) groups is 1. The zero-order chi connectivity index (χ0) is 13.5. The van der Waals surface area contributed by atoms with Gasteiger partial charge in [0.15, 0.2) is 5.78 Å². The second-order valence-corrected chi connectivity index (χ2v) is 4.51. The summed E-state index contributed by atoms with van der Waals surface area (Å²) in [6.07, 6.45) is 0. The highest BCUT2D eigenvalue weighted by atomic mass is 19.1. The van der Waals surface area contributed by atoms with Crippen LogP contribution >= 0.6 is 0 Å². The number of halogens is 1. The van der Waals surface area contributed by atoms with Crippen LogP contribution in [0.5, 0.6) is 5.75 Å². The van der Waals surface area contributed by atoms with Crippen LogP contribution in [0.1, 0.15) is 31.1 Å². The summed E-state index contributed by atoms with van der Waals surface area (Å²) in [5.41, 5.74) is 0.389. The van der Waals surface area contributed by atoms with Crippen molar-refractivity contribution in [2.45, 2.75) is 20.8 Å². The minimum Gasteiger partial charge on any atom is -0.490 e. The zero-order valence-corrected chi connectivity index (χ0v) is 11.0. The van der Waals surface area contributed by atoms with Crippen molar-refractivity contribution in [3.8, 4) is 5.75 Å². The molecule has 4 heteroatoms. The summed E-state index contributed by atoms with van der Waals surface area (Å²) >= 11 is 0. The number of ketones is 1. The Hall–Kier alpha value is -1.42. The van der Waals surface area contributed by atoms with Crippen molar-refractivity contribution in [1.29, 1.82) is 0 Å². The lowest BCUT2D eigenvalue weighted by molar-refractivity contribution is 0.0809. The van der Waals surface area contributed by atoms with E-state index >= 15 is 0 Å². The average Bonchev–Trinajstić information content (AvgIpc) is 2.27. The standard InChI is InChI=1S/C14H19FO3/c1-10(2)9-17-6-7-18-14-8-12(15)4-5-13(14)11(3)16/h4-5,8,10H,6-7,9H2,1-3H3. The molecule has 0 amide bonds. The molecule has 18 heavy (non-hydrogen) atoms. The van der Waals surface area contributed by atoms with Crippen molar-refractivity contribution in [3.05, 3.63) is 29.6 Å². The van der Waals surface area contributed by atoms with Crippen molar-refractivity contribution < 1.29 is 18.7 Å². The van der Waals surface area contributed by atoms with Crippen molar-refractivity contribution in [3.63, 3.8) is 0 Å². The molecule has 1 aromatic rings. The molecule has 0 N–H and O–H groups in total. The highest BCUT2D eigenvalue weighted by Gasteiger charge is 2.09. The molecule has 0 unspecified atom stereocenters. The van der Waals surface area contributed by atoms with E-state index in [1.54, 1.807) is 0 Å². The summed E-state index contributed by atoms with van der Waals surface area (Å²) < 4.78 is 23.8. The second-order valence-electron chi connectivity index (χ2n) is 4.51. The summed E-state index contributed by atoms with van der Waals surface area (Å²) in [5.74, 6) is 0.175. The van der Waals surface area contributed by atoms with Gasteiger partial charge in [0.25, 0.3) is 0 Å². The van der Waals surface area contributed by atoms with Crippen molar-refractivity contribution in [1.82, 2.24) is 0 Å². The van der Waals surface area contributed by atoms with Gasteiger partial charge in [-0.25, -0.2) is 4.39 Å². The van der Waals surface area contributed by atoms with Gasteiger partial charge in [0.2, 0.25) is 0 Å². The number of hydrogen-bond acceptors (Lipinski definition) is 3. The lowest BCUT2D eigenvalue weighted by Gasteiger charge is -2.11. The van der Waals surface area contributed by atoms with Crippen LogP contribution in [-0.2, 0) is 4.74 Å². The zero-order valence-electron chi connectivity index (χ0n) is 11.0. The van der Waals surface area contributed by atoms with E-state index in [9.17, 15) is 9.18 Å². The van der Waals surface area contributed by atoms with E-state index < -0.39 is 5.82 Å². The van der Waals surface area contributed by atoms with Crippen LogP contribution in [-0.4, -0.2) is 25.6 Å². The van der Waals surface area contributed by atoms with Crippen LogP contribution in [0.2, 0.25) is 0 Å². The van der Waals surface area contributed by atoms with Crippen LogP contribution < -0.4 is 4.74 Å². The molecule has 0 radical (unpaired) electrons. The van der Waals surface area contributed by atoms with E-state index in [1.807, 2.05) is 0 Å². The molecule has 0 fully saturated rings. The number of Topliss-reactive ketones (excluding diaryl/α,β-unsaturated/α-hetero) is 1. The number of ether oxygens (including phenoxy) is 2. The lowest BCUT2D eigenvalue weighted by atomic mass is 10.1. The number of benzene rings is 1. The van der Waals surface area contributed by atoms with Gasteiger partial charge in [0, 0.05) is 12.7 Å². The monoisotopic (exact) mass is 254 g/mol. The summed E-state index contributed by atoms with van der Waals surface area (Å²) in [4.78, 5) is 11.3. The fourth-order valence-electron chi connectivity index (χ4n) is 1.44. The SMILES string of the molecule is CC(=O)c1ccc(F)cc1OCCOCC(C)C. The summed E-state index contributed by atoms with van der Waals surface area (Å²) in [7, 11) is 0. The van der Waals surface area contributed by atoms with E-state index in [1.165, 1.54) is 25.1 Å². The van der Waals surface area contributed by atoms with Gasteiger partial charge < -0.3 is 9.47 Å². The first-order chi connectivity index (χ1) is 8.50. The minimum absolute atomic E-state index is 0.145. The molecule has 0 aliphatic rings. The normalized spacial score (nSPS) is 10.7. The third kappa shape index (κ3) is 4.84. The molecule has 0 saturated heterocycles. The maximum Gasteiger partial charge on any atom is 0.163 e. The molecule has 0 bridgehead atoms. The molecule has 100 valence electrons. The van der Waals surface area contributed by atoms with Gasteiger partial charge in [-0.05, 0) is 25.0 Å². The Morgan fingerprint density at radius 3 is 2.67 bits per heavy atom. The predicted molar refractivity (Wildman–Crippen MR) is 67.6 cm³/mol. The second kappa shape index (κ2) is 7.11. The Kier molecular flexibility index (Phi) is 5.78. The lowest BCUT2D eigenvalue weighted by Crippen LogP contribution is -2.11. The molecule has 0 aliphatic heterocycles. The maximum absolute atomic E-state index is 13.1. The number of hydrogen-bond donors (Lipinski definition) is 0. The molecule has 1 aromatic carbocycles. The van der Waals surface area contributed by atoms with Crippen molar-refractivity contribution >= 4 is 5.78 Å². The minimum atomic E-state index is -0.418. The summed E-state index contributed by atoms with van der Waals surface area (Å²) in [5, 5.41) is 0. The topological polar surface area (TPSA) is 35.5 Å². The van der Waals surface area contributed by atoms with E-state index in [-0.39, 0.29) is 11.5 Å². The van der Waals surface area contributed by atoms with Crippen LogP contribution in [0.3, 0.4) is 0 Å². The average molecular weight is 254 g/mol. The van der Waals surface area contributed by atoms with Gasteiger partial charge in [-0.2, -0.15) is 0 Å². The molecule has 0 heterocycles. The van der Waals surface area contributed by atoms with Crippen LogP contribution in [0.15, 0.2) is 18.2 Å². The van der Waals surface area contributed by atoms with E-state index in [0.29, 0.717) is 31.3 Å². The Balaban J connectivity index is 2.50. The van der Waals surface area contributed by atoms with E-state index in [2.05, 4.69) is 13.8 Å². The first-order valence-electron chi connectivity index (χ1n) is 6.01. The van der Waals surface area contributed by atoms with Gasteiger partial charge in [-0.15, -0.1) is 0 Å². The Morgan fingerprint density at radius 1 is 1.33 bits per heavy atom. The molecule has 3 nitrogen and oxygen atoms in total. The smallest absolute Gasteiger partial charge is 0.163 e. The Bertz CT molecular complexity index is 402. The number of carbonyl (C=O) groups excluding carboxylic acids is 1. The molecule has 0 spiro atoms. The quantitative estimate of drug-likeness (QED) is 0.554. The molecule has 0 saturated carbocycles.